The molecule has 10 nitrogen and oxygen atoms in total. The van der Waals surface area contributed by atoms with Gasteiger partial charge in [0.25, 0.3) is 0 Å². The Hall–Kier alpha value is -2.65. The summed E-state index contributed by atoms with van der Waals surface area (Å²) >= 11 is 0. The molecule has 4 rings (SSSR count). The molecule has 4 aliphatic rings. The minimum absolute atomic E-state index is 0.0218. The zero-order valence-corrected chi connectivity index (χ0v) is 20.3. The van der Waals surface area contributed by atoms with Gasteiger partial charge in [-0.15, -0.1) is 0 Å². The van der Waals surface area contributed by atoms with E-state index in [1.807, 2.05) is 6.92 Å². The maximum Gasteiger partial charge on any atom is 0.329 e. The lowest BCUT2D eigenvalue weighted by molar-refractivity contribution is -0.160. The van der Waals surface area contributed by atoms with Gasteiger partial charge in [0, 0.05) is 19.6 Å². The Bertz CT molecular complexity index is 862. The number of esters is 1. The number of cyclic esters (lactones) is 1. The average Bonchev–Trinajstić information content (AvgIpc) is 3.44. The summed E-state index contributed by atoms with van der Waals surface area (Å²) in [5.74, 6) is -1.57. The molecular weight excluding hydrogens is 440 g/mol. The monoisotopic (exact) mass is 476 g/mol. The summed E-state index contributed by atoms with van der Waals surface area (Å²) in [6.45, 7) is 6.57. The van der Waals surface area contributed by atoms with Crippen molar-refractivity contribution in [2.45, 2.75) is 96.0 Å². The van der Waals surface area contributed by atoms with Crippen molar-refractivity contribution in [2.75, 3.05) is 19.6 Å². The molecule has 6 atom stereocenters. The number of nitrogens with zero attached hydrogens (tertiary/aromatic N) is 3. The van der Waals surface area contributed by atoms with Crippen LogP contribution in [0.4, 0.5) is 0 Å². The molecule has 0 aromatic carbocycles. The van der Waals surface area contributed by atoms with E-state index in [4.69, 9.17) is 4.74 Å². The van der Waals surface area contributed by atoms with Gasteiger partial charge in [0.1, 0.15) is 30.3 Å². The van der Waals surface area contributed by atoms with E-state index in [0.29, 0.717) is 45.3 Å². The molecule has 4 saturated heterocycles. The van der Waals surface area contributed by atoms with Crippen molar-refractivity contribution in [1.29, 1.82) is 0 Å². The van der Waals surface area contributed by atoms with Gasteiger partial charge in [0.15, 0.2) is 0 Å². The third kappa shape index (κ3) is 4.77. The van der Waals surface area contributed by atoms with Gasteiger partial charge in [-0.25, -0.2) is 4.79 Å². The summed E-state index contributed by atoms with van der Waals surface area (Å²) < 4.78 is 5.59. The predicted octanol–water partition coefficient (Wildman–Crippen LogP) is 0.436. The first kappa shape index (κ1) is 24.5. The fourth-order valence-corrected chi connectivity index (χ4v) is 5.80. The summed E-state index contributed by atoms with van der Waals surface area (Å²) in [6.07, 6.45) is 3.17. The second-order valence-corrected chi connectivity index (χ2v) is 10.3. The van der Waals surface area contributed by atoms with Crippen LogP contribution in [0.2, 0.25) is 0 Å². The highest BCUT2D eigenvalue weighted by Gasteiger charge is 2.44. The van der Waals surface area contributed by atoms with Crippen LogP contribution in [-0.2, 0) is 28.7 Å². The maximum absolute atomic E-state index is 13.5. The zero-order valence-electron chi connectivity index (χ0n) is 20.3. The Balaban J connectivity index is 1.64. The molecule has 0 aliphatic carbocycles. The largest absolute Gasteiger partial charge is 0.461 e. The number of rotatable bonds is 0. The third-order valence-electron chi connectivity index (χ3n) is 7.52. The average molecular weight is 477 g/mol. The summed E-state index contributed by atoms with van der Waals surface area (Å²) in [5.41, 5.74) is 0. The smallest absolute Gasteiger partial charge is 0.329 e. The number of carbonyl (C=O) groups is 5. The van der Waals surface area contributed by atoms with Crippen LogP contribution in [0.15, 0.2) is 0 Å². The van der Waals surface area contributed by atoms with Crippen molar-refractivity contribution in [3.05, 3.63) is 0 Å². The molecule has 0 bridgehead atoms. The minimum atomic E-state index is -0.832. The van der Waals surface area contributed by atoms with Crippen LogP contribution in [0.5, 0.6) is 0 Å². The van der Waals surface area contributed by atoms with Crippen LogP contribution in [0, 0.1) is 5.92 Å². The van der Waals surface area contributed by atoms with E-state index in [-0.39, 0.29) is 36.0 Å². The van der Waals surface area contributed by atoms with Crippen LogP contribution in [0.25, 0.3) is 0 Å². The van der Waals surface area contributed by atoms with Crippen LogP contribution in [0.3, 0.4) is 0 Å². The number of fused-ring (bicyclic) bond motifs is 3. The Labute approximate surface area is 200 Å². The lowest BCUT2D eigenvalue weighted by Crippen LogP contribution is -2.59. The van der Waals surface area contributed by atoms with Crippen molar-refractivity contribution in [1.82, 2.24) is 20.0 Å². The van der Waals surface area contributed by atoms with E-state index in [2.05, 4.69) is 5.32 Å². The Morgan fingerprint density at radius 1 is 0.794 bits per heavy atom. The summed E-state index contributed by atoms with van der Waals surface area (Å²) in [7, 11) is 0. The van der Waals surface area contributed by atoms with Crippen LogP contribution in [-0.4, -0.2) is 94.2 Å². The standard InChI is InChI=1S/C24H36N4O6/c1-14-11-19-24(33)34-15(2)12-20(29)26-10-6-8-18(26)23(32)27-9-5-4-7-17(27)21(30)25-16(3)22(31)28(19)13-14/h14-19H,4-13H2,1-3H3,(H,25,30). The Morgan fingerprint density at radius 3 is 2.26 bits per heavy atom. The van der Waals surface area contributed by atoms with Crippen LogP contribution < -0.4 is 5.32 Å². The molecule has 0 spiro atoms. The highest BCUT2D eigenvalue weighted by Crippen LogP contribution is 2.28. The molecule has 6 unspecified atom stereocenters. The fraction of sp³-hybridized carbons (Fsp3) is 0.792. The molecule has 10 heteroatoms. The van der Waals surface area contributed by atoms with Gasteiger partial charge in [-0.05, 0) is 58.3 Å². The normalized spacial score (nSPS) is 36.1. The molecular formula is C24H36N4O6. The zero-order chi connectivity index (χ0) is 24.6. The van der Waals surface area contributed by atoms with E-state index in [0.717, 1.165) is 12.8 Å². The van der Waals surface area contributed by atoms with Crippen LogP contribution in [0.1, 0.15) is 65.7 Å². The van der Waals surface area contributed by atoms with Gasteiger partial charge in [0.05, 0.1) is 6.42 Å². The van der Waals surface area contributed by atoms with Crippen molar-refractivity contribution in [3.8, 4) is 0 Å². The molecule has 4 heterocycles. The Morgan fingerprint density at radius 2 is 1.50 bits per heavy atom. The minimum Gasteiger partial charge on any atom is -0.461 e. The van der Waals surface area contributed by atoms with Gasteiger partial charge in [-0.3, -0.25) is 19.2 Å². The number of hydrogen-bond donors (Lipinski definition) is 1. The molecule has 1 N–H and O–H groups in total. The molecule has 34 heavy (non-hydrogen) atoms. The lowest BCUT2D eigenvalue weighted by Gasteiger charge is -2.38. The van der Waals surface area contributed by atoms with E-state index in [9.17, 15) is 24.0 Å². The van der Waals surface area contributed by atoms with E-state index >= 15 is 0 Å². The van der Waals surface area contributed by atoms with Crippen molar-refractivity contribution in [2.24, 2.45) is 5.92 Å². The van der Waals surface area contributed by atoms with Gasteiger partial charge < -0.3 is 24.8 Å². The molecule has 0 saturated carbocycles. The van der Waals surface area contributed by atoms with Crippen LogP contribution >= 0.6 is 0 Å². The maximum atomic E-state index is 13.5. The first-order chi connectivity index (χ1) is 16.2. The summed E-state index contributed by atoms with van der Waals surface area (Å²) in [5, 5.41) is 2.79. The quantitative estimate of drug-likeness (QED) is 0.507. The van der Waals surface area contributed by atoms with Gasteiger partial charge >= 0.3 is 5.97 Å². The number of amides is 4. The molecule has 4 aliphatic heterocycles. The SMILES string of the molecule is CC1CC2C(=O)OC(C)CC(=O)N3CCCC3C(=O)N3CCCCC3C(=O)NC(C)C(=O)N2C1. The first-order valence-electron chi connectivity index (χ1n) is 12.6. The number of nitrogens with one attached hydrogen (secondary N) is 1. The Kier molecular flexibility index (Phi) is 7.14. The lowest BCUT2D eigenvalue weighted by atomic mass is 9.99. The second-order valence-electron chi connectivity index (χ2n) is 10.3. The number of ether oxygens (including phenoxy) is 1. The van der Waals surface area contributed by atoms with Gasteiger partial charge in [-0.2, -0.15) is 0 Å². The summed E-state index contributed by atoms with van der Waals surface area (Å²) in [4.78, 5) is 70.6. The molecule has 0 aromatic heterocycles. The highest BCUT2D eigenvalue weighted by molar-refractivity contribution is 5.95. The van der Waals surface area contributed by atoms with E-state index in [1.165, 1.54) is 4.90 Å². The van der Waals surface area contributed by atoms with Crippen molar-refractivity contribution < 1.29 is 28.7 Å². The highest BCUT2D eigenvalue weighted by atomic mass is 16.5. The number of piperidine rings is 1. The third-order valence-corrected chi connectivity index (χ3v) is 7.52. The van der Waals surface area contributed by atoms with Gasteiger partial charge in [-0.1, -0.05) is 6.92 Å². The topological polar surface area (TPSA) is 116 Å². The van der Waals surface area contributed by atoms with Crippen molar-refractivity contribution in [3.63, 3.8) is 0 Å². The van der Waals surface area contributed by atoms with E-state index < -0.39 is 36.2 Å². The fourth-order valence-electron chi connectivity index (χ4n) is 5.80. The summed E-state index contributed by atoms with van der Waals surface area (Å²) in [6, 6.07) is -2.84. The second kappa shape index (κ2) is 9.92. The molecule has 0 aromatic rings. The van der Waals surface area contributed by atoms with Gasteiger partial charge in [0.2, 0.25) is 23.6 Å². The molecule has 4 amide bonds. The molecule has 0 radical (unpaired) electrons. The number of hydrogen-bond acceptors (Lipinski definition) is 6. The first-order valence-corrected chi connectivity index (χ1v) is 12.6. The molecule has 4 fully saturated rings. The molecule has 188 valence electrons. The number of carbonyl (C=O) groups excluding carboxylic acids is 5. The van der Waals surface area contributed by atoms with Crippen molar-refractivity contribution >= 4 is 29.6 Å². The predicted molar refractivity (Wildman–Crippen MR) is 121 cm³/mol. The van der Waals surface area contributed by atoms with E-state index in [1.54, 1.807) is 23.6 Å².